The third-order valence-corrected chi connectivity index (χ3v) is 2.49. The summed E-state index contributed by atoms with van der Waals surface area (Å²) in [6, 6.07) is 6.91. The second kappa shape index (κ2) is 5.92. The summed E-state index contributed by atoms with van der Waals surface area (Å²) in [5.41, 5.74) is 6.47. The van der Waals surface area contributed by atoms with Crippen molar-refractivity contribution < 1.29 is 4.39 Å². The average Bonchev–Trinajstić information content (AvgIpc) is 2.15. The van der Waals surface area contributed by atoms with Crippen LogP contribution in [0.5, 0.6) is 0 Å². The molecule has 16 heavy (non-hydrogen) atoms. The SMILES string of the molecule is CC(C)N(CC(N)=S)Cc1cccc(F)c1. The number of thiocarbonyl (C=S) groups is 1. The van der Waals surface area contributed by atoms with Crippen LogP contribution in [0.15, 0.2) is 24.3 Å². The molecule has 0 amide bonds. The second-order valence-electron chi connectivity index (χ2n) is 4.09. The van der Waals surface area contributed by atoms with Gasteiger partial charge in [-0.05, 0) is 31.5 Å². The number of hydrogen-bond acceptors (Lipinski definition) is 2. The topological polar surface area (TPSA) is 29.3 Å². The minimum Gasteiger partial charge on any atom is -0.392 e. The lowest BCUT2D eigenvalue weighted by Crippen LogP contribution is -2.37. The summed E-state index contributed by atoms with van der Waals surface area (Å²) in [6.45, 7) is 5.35. The first-order valence-corrected chi connectivity index (χ1v) is 5.66. The van der Waals surface area contributed by atoms with Crippen LogP contribution in [0.1, 0.15) is 19.4 Å². The first-order valence-electron chi connectivity index (χ1n) is 5.26. The molecule has 0 bridgehead atoms. The minimum atomic E-state index is -0.212. The number of benzene rings is 1. The fourth-order valence-electron chi connectivity index (χ4n) is 1.49. The van der Waals surface area contributed by atoms with Gasteiger partial charge in [0.05, 0.1) is 4.99 Å². The van der Waals surface area contributed by atoms with Crippen LogP contribution in [-0.2, 0) is 6.54 Å². The van der Waals surface area contributed by atoms with Crippen molar-refractivity contribution in [3.05, 3.63) is 35.6 Å². The van der Waals surface area contributed by atoms with E-state index in [2.05, 4.69) is 18.7 Å². The van der Waals surface area contributed by atoms with Crippen LogP contribution in [0.2, 0.25) is 0 Å². The quantitative estimate of drug-likeness (QED) is 0.801. The largest absolute Gasteiger partial charge is 0.392 e. The first kappa shape index (κ1) is 13.1. The van der Waals surface area contributed by atoms with Crippen molar-refractivity contribution in [2.75, 3.05) is 6.54 Å². The van der Waals surface area contributed by atoms with Crippen LogP contribution in [0.3, 0.4) is 0 Å². The van der Waals surface area contributed by atoms with Gasteiger partial charge in [-0.25, -0.2) is 4.39 Å². The first-order chi connectivity index (χ1) is 7.49. The summed E-state index contributed by atoms with van der Waals surface area (Å²) in [4.78, 5) is 2.57. The van der Waals surface area contributed by atoms with Crippen molar-refractivity contribution in [3.63, 3.8) is 0 Å². The zero-order chi connectivity index (χ0) is 12.1. The van der Waals surface area contributed by atoms with E-state index >= 15 is 0 Å². The van der Waals surface area contributed by atoms with Gasteiger partial charge in [0.15, 0.2) is 0 Å². The van der Waals surface area contributed by atoms with E-state index in [0.29, 0.717) is 24.1 Å². The molecule has 0 saturated heterocycles. The highest BCUT2D eigenvalue weighted by Crippen LogP contribution is 2.09. The maximum atomic E-state index is 13.0. The van der Waals surface area contributed by atoms with E-state index in [9.17, 15) is 4.39 Å². The van der Waals surface area contributed by atoms with Crippen LogP contribution in [-0.4, -0.2) is 22.5 Å². The molecule has 0 spiro atoms. The maximum absolute atomic E-state index is 13.0. The summed E-state index contributed by atoms with van der Waals surface area (Å²) in [6.07, 6.45) is 0. The second-order valence-corrected chi connectivity index (χ2v) is 4.62. The lowest BCUT2D eigenvalue weighted by atomic mass is 10.2. The Hall–Kier alpha value is -1.00. The van der Waals surface area contributed by atoms with Crippen molar-refractivity contribution >= 4 is 17.2 Å². The molecule has 0 atom stereocenters. The van der Waals surface area contributed by atoms with E-state index in [0.717, 1.165) is 5.56 Å². The zero-order valence-corrected chi connectivity index (χ0v) is 10.4. The smallest absolute Gasteiger partial charge is 0.123 e. The molecule has 0 aliphatic carbocycles. The lowest BCUT2D eigenvalue weighted by molar-refractivity contribution is 0.245. The van der Waals surface area contributed by atoms with E-state index in [4.69, 9.17) is 18.0 Å². The number of halogens is 1. The van der Waals surface area contributed by atoms with Crippen molar-refractivity contribution in [2.24, 2.45) is 5.73 Å². The molecule has 0 aliphatic rings. The van der Waals surface area contributed by atoms with Crippen molar-refractivity contribution in [3.8, 4) is 0 Å². The van der Waals surface area contributed by atoms with Crippen LogP contribution in [0.4, 0.5) is 4.39 Å². The van der Waals surface area contributed by atoms with Gasteiger partial charge in [-0.2, -0.15) is 0 Å². The summed E-state index contributed by atoms with van der Waals surface area (Å²) in [5, 5.41) is 0. The van der Waals surface area contributed by atoms with Gasteiger partial charge in [0, 0.05) is 19.1 Å². The monoisotopic (exact) mass is 240 g/mol. The van der Waals surface area contributed by atoms with Gasteiger partial charge in [-0.1, -0.05) is 24.4 Å². The van der Waals surface area contributed by atoms with E-state index < -0.39 is 0 Å². The van der Waals surface area contributed by atoms with Gasteiger partial charge in [-0.3, -0.25) is 4.90 Å². The Kier molecular flexibility index (Phi) is 4.83. The number of hydrogen-bond donors (Lipinski definition) is 1. The van der Waals surface area contributed by atoms with Crippen LogP contribution >= 0.6 is 12.2 Å². The van der Waals surface area contributed by atoms with Gasteiger partial charge in [0.1, 0.15) is 5.82 Å². The highest BCUT2D eigenvalue weighted by atomic mass is 32.1. The number of nitrogens with zero attached hydrogens (tertiary/aromatic N) is 1. The molecular weight excluding hydrogens is 223 g/mol. The molecule has 4 heteroatoms. The normalized spacial score (nSPS) is 11.1. The Morgan fingerprint density at radius 3 is 2.69 bits per heavy atom. The third-order valence-electron chi connectivity index (χ3n) is 2.36. The molecule has 88 valence electrons. The Labute approximate surface area is 101 Å². The molecule has 1 aromatic rings. The summed E-state index contributed by atoms with van der Waals surface area (Å²) < 4.78 is 13.0. The molecule has 0 saturated carbocycles. The standard InChI is InChI=1S/C12H17FN2S/c1-9(2)15(8-12(14)16)7-10-4-3-5-11(13)6-10/h3-6,9H,7-8H2,1-2H3,(H2,14,16). The fourth-order valence-corrected chi connectivity index (χ4v) is 1.66. The Bertz CT molecular complexity index is 366. The average molecular weight is 240 g/mol. The van der Waals surface area contributed by atoms with Gasteiger partial charge in [0.25, 0.3) is 0 Å². The van der Waals surface area contributed by atoms with Crippen LogP contribution < -0.4 is 5.73 Å². The zero-order valence-electron chi connectivity index (χ0n) is 9.61. The van der Waals surface area contributed by atoms with Crippen molar-refractivity contribution in [1.82, 2.24) is 4.90 Å². The van der Waals surface area contributed by atoms with Gasteiger partial charge in [0.2, 0.25) is 0 Å². The molecule has 1 rings (SSSR count). The summed E-state index contributed by atoms with van der Waals surface area (Å²) >= 11 is 4.90. The van der Waals surface area contributed by atoms with Crippen LogP contribution in [0.25, 0.3) is 0 Å². The summed E-state index contributed by atoms with van der Waals surface area (Å²) in [7, 11) is 0. The van der Waals surface area contributed by atoms with E-state index in [1.807, 2.05) is 6.07 Å². The molecule has 0 fully saturated rings. The summed E-state index contributed by atoms with van der Waals surface area (Å²) in [5.74, 6) is -0.212. The highest BCUT2D eigenvalue weighted by molar-refractivity contribution is 7.80. The molecule has 0 aromatic heterocycles. The third kappa shape index (κ3) is 4.24. The molecule has 0 heterocycles. The van der Waals surface area contributed by atoms with E-state index in [-0.39, 0.29) is 5.82 Å². The molecule has 0 unspecified atom stereocenters. The minimum absolute atomic E-state index is 0.212. The predicted octanol–water partition coefficient (Wildman–Crippen LogP) is 2.32. The van der Waals surface area contributed by atoms with Gasteiger partial charge in [-0.15, -0.1) is 0 Å². The molecule has 2 nitrogen and oxygen atoms in total. The molecule has 0 aliphatic heterocycles. The van der Waals surface area contributed by atoms with Gasteiger partial charge < -0.3 is 5.73 Å². The van der Waals surface area contributed by atoms with E-state index in [1.54, 1.807) is 6.07 Å². The maximum Gasteiger partial charge on any atom is 0.123 e. The highest BCUT2D eigenvalue weighted by Gasteiger charge is 2.11. The number of nitrogens with two attached hydrogens (primary N) is 1. The predicted molar refractivity (Wildman–Crippen MR) is 68.7 cm³/mol. The fraction of sp³-hybridized carbons (Fsp3) is 0.417. The lowest BCUT2D eigenvalue weighted by Gasteiger charge is -2.25. The van der Waals surface area contributed by atoms with Gasteiger partial charge >= 0.3 is 0 Å². The Morgan fingerprint density at radius 2 is 2.19 bits per heavy atom. The molecular formula is C12H17FN2S. The Morgan fingerprint density at radius 1 is 1.50 bits per heavy atom. The van der Waals surface area contributed by atoms with Crippen LogP contribution in [0, 0.1) is 5.82 Å². The molecule has 1 aromatic carbocycles. The van der Waals surface area contributed by atoms with Crippen molar-refractivity contribution in [1.29, 1.82) is 0 Å². The van der Waals surface area contributed by atoms with E-state index in [1.165, 1.54) is 12.1 Å². The Balaban J connectivity index is 2.71. The molecule has 2 N–H and O–H groups in total. The molecule has 0 radical (unpaired) electrons. The van der Waals surface area contributed by atoms with Crippen molar-refractivity contribution in [2.45, 2.75) is 26.4 Å². The number of rotatable bonds is 5.